The van der Waals surface area contributed by atoms with Crippen LogP contribution in [-0.4, -0.2) is 25.4 Å². The number of aromatic nitrogens is 3. The number of aryl methyl sites for hydroxylation is 2. The first kappa shape index (κ1) is 13.9. The highest BCUT2D eigenvalue weighted by Gasteiger charge is 2.12. The third-order valence-corrected chi connectivity index (χ3v) is 3.68. The van der Waals surface area contributed by atoms with E-state index in [2.05, 4.69) is 34.0 Å². The second-order valence-electron chi connectivity index (χ2n) is 4.28. The number of halogens is 1. The average molecular weight is 326 g/mol. The Balaban J connectivity index is 2.30. The van der Waals surface area contributed by atoms with E-state index < -0.39 is 5.97 Å². The van der Waals surface area contributed by atoms with Crippen LogP contribution in [0.15, 0.2) is 22.9 Å². The van der Waals surface area contributed by atoms with Crippen molar-refractivity contribution in [3.63, 3.8) is 0 Å². The zero-order valence-corrected chi connectivity index (χ0v) is 12.5. The van der Waals surface area contributed by atoms with Crippen molar-refractivity contribution in [2.45, 2.75) is 33.4 Å². The zero-order chi connectivity index (χ0) is 14.0. The van der Waals surface area contributed by atoms with Gasteiger partial charge in [0.15, 0.2) is 0 Å². The molecule has 0 unspecified atom stereocenters. The monoisotopic (exact) mass is 325 g/mol. The fraction of sp³-hybridized carbons (Fsp3) is 0.385. The molecule has 6 heteroatoms. The molecule has 0 saturated carbocycles. The zero-order valence-electron chi connectivity index (χ0n) is 10.9. The molecular weight excluding hydrogens is 310 g/mol. The van der Waals surface area contributed by atoms with Crippen LogP contribution in [0.1, 0.15) is 35.6 Å². The summed E-state index contributed by atoms with van der Waals surface area (Å²) in [6, 6.07) is 3.67. The van der Waals surface area contributed by atoms with Crippen molar-refractivity contribution in [2.75, 3.05) is 0 Å². The Morgan fingerprint density at radius 1 is 1.42 bits per heavy atom. The van der Waals surface area contributed by atoms with Crippen LogP contribution in [0.25, 0.3) is 0 Å². The minimum Gasteiger partial charge on any atom is -0.478 e. The molecule has 1 N–H and O–H groups in total. The first-order valence-corrected chi connectivity index (χ1v) is 6.99. The van der Waals surface area contributed by atoms with Gasteiger partial charge in [0.05, 0.1) is 28.1 Å². The lowest BCUT2D eigenvalue weighted by molar-refractivity contribution is 0.0697. The SMILES string of the molecule is CCc1cc(Cn2cc(C(=O)O)cc2Br)n(CC)n1. The normalized spacial score (nSPS) is 10.9. The predicted molar refractivity (Wildman–Crippen MR) is 75.5 cm³/mol. The van der Waals surface area contributed by atoms with Gasteiger partial charge in [-0.25, -0.2) is 4.79 Å². The number of aromatic carboxylic acids is 1. The molecule has 2 aromatic heterocycles. The maximum absolute atomic E-state index is 10.9. The van der Waals surface area contributed by atoms with Crippen LogP contribution in [0.3, 0.4) is 0 Å². The van der Waals surface area contributed by atoms with Crippen molar-refractivity contribution >= 4 is 21.9 Å². The molecule has 0 aliphatic heterocycles. The van der Waals surface area contributed by atoms with Gasteiger partial charge in [0.2, 0.25) is 0 Å². The van der Waals surface area contributed by atoms with Gasteiger partial charge in [0.25, 0.3) is 0 Å². The van der Waals surface area contributed by atoms with Crippen molar-refractivity contribution < 1.29 is 9.90 Å². The van der Waals surface area contributed by atoms with Gasteiger partial charge in [-0.3, -0.25) is 4.68 Å². The van der Waals surface area contributed by atoms with Gasteiger partial charge in [-0.1, -0.05) is 6.92 Å². The van der Waals surface area contributed by atoms with Crippen LogP contribution >= 0.6 is 15.9 Å². The first-order valence-electron chi connectivity index (χ1n) is 6.19. The van der Waals surface area contributed by atoms with E-state index in [9.17, 15) is 4.79 Å². The van der Waals surface area contributed by atoms with Gasteiger partial charge in [-0.15, -0.1) is 0 Å². The predicted octanol–water partition coefficient (Wildman–Crippen LogP) is 2.78. The Labute approximate surface area is 120 Å². The van der Waals surface area contributed by atoms with Gasteiger partial charge >= 0.3 is 5.97 Å². The summed E-state index contributed by atoms with van der Waals surface area (Å²) in [5.74, 6) is -0.919. The second kappa shape index (κ2) is 5.61. The van der Waals surface area contributed by atoms with E-state index in [4.69, 9.17) is 5.11 Å². The van der Waals surface area contributed by atoms with E-state index in [-0.39, 0.29) is 5.56 Å². The van der Waals surface area contributed by atoms with Crippen LogP contribution in [-0.2, 0) is 19.5 Å². The first-order chi connectivity index (χ1) is 9.05. The Morgan fingerprint density at radius 3 is 2.68 bits per heavy atom. The summed E-state index contributed by atoms with van der Waals surface area (Å²) >= 11 is 3.38. The second-order valence-corrected chi connectivity index (χ2v) is 5.09. The summed E-state index contributed by atoms with van der Waals surface area (Å²) in [5.41, 5.74) is 2.41. The molecule has 0 spiro atoms. The number of hydrogen-bond acceptors (Lipinski definition) is 2. The molecule has 0 amide bonds. The Morgan fingerprint density at radius 2 is 2.16 bits per heavy atom. The number of carbonyl (C=O) groups is 1. The highest BCUT2D eigenvalue weighted by Crippen LogP contribution is 2.18. The lowest BCUT2D eigenvalue weighted by Gasteiger charge is -2.06. The molecular formula is C13H16BrN3O2. The van der Waals surface area contributed by atoms with E-state index in [0.717, 1.165) is 29.0 Å². The summed E-state index contributed by atoms with van der Waals surface area (Å²) in [7, 11) is 0. The highest BCUT2D eigenvalue weighted by atomic mass is 79.9. The molecule has 2 aromatic rings. The number of rotatable bonds is 5. The molecule has 0 fully saturated rings. The smallest absolute Gasteiger partial charge is 0.337 e. The topological polar surface area (TPSA) is 60.1 Å². The van der Waals surface area contributed by atoms with Crippen LogP contribution in [0, 0.1) is 0 Å². The quantitative estimate of drug-likeness (QED) is 0.919. The standard InChI is InChI=1S/C13H16BrN3O2/c1-3-10-6-11(17(4-2)15-10)8-16-7-9(13(18)19)5-12(16)14/h5-7H,3-4,8H2,1-2H3,(H,18,19). The molecule has 0 aliphatic rings. The fourth-order valence-corrected chi connectivity index (χ4v) is 2.45. The van der Waals surface area contributed by atoms with Crippen molar-refractivity contribution in [2.24, 2.45) is 0 Å². The maximum Gasteiger partial charge on any atom is 0.337 e. The number of hydrogen-bond donors (Lipinski definition) is 1. The molecule has 0 atom stereocenters. The lowest BCUT2D eigenvalue weighted by Crippen LogP contribution is -2.07. The summed E-state index contributed by atoms with van der Waals surface area (Å²) in [4.78, 5) is 10.9. The van der Waals surface area contributed by atoms with Crippen LogP contribution in [0.4, 0.5) is 0 Å². The van der Waals surface area contributed by atoms with Gasteiger partial charge in [0.1, 0.15) is 0 Å². The number of carboxylic acids is 1. The number of carboxylic acid groups (broad SMARTS) is 1. The van der Waals surface area contributed by atoms with Crippen LogP contribution in [0.5, 0.6) is 0 Å². The molecule has 2 rings (SSSR count). The third kappa shape index (κ3) is 2.89. The molecule has 0 aromatic carbocycles. The average Bonchev–Trinajstić information content (AvgIpc) is 2.94. The summed E-state index contributed by atoms with van der Waals surface area (Å²) < 4.78 is 4.57. The molecule has 0 saturated heterocycles. The molecule has 0 aliphatic carbocycles. The van der Waals surface area contributed by atoms with Gasteiger partial charge in [-0.2, -0.15) is 5.10 Å². The van der Waals surface area contributed by atoms with E-state index >= 15 is 0 Å². The number of nitrogens with zero attached hydrogens (tertiary/aromatic N) is 3. The third-order valence-electron chi connectivity index (χ3n) is 3.00. The largest absolute Gasteiger partial charge is 0.478 e. The van der Waals surface area contributed by atoms with Crippen LogP contribution in [0.2, 0.25) is 0 Å². The Hall–Kier alpha value is -1.56. The molecule has 102 valence electrons. The molecule has 19 heavy (non-hydrogen) atoms. The molecule has 5 nitrogen and oxygen atoms in total. The Kier molecular flexibility index (Phi) is 4.09. The van der Waals surface area contributed by atoms with Gasteiger partial charge in [-0.05, 0) is 41.4 Å². The minimum atomic E-state index is -0.919. The van der Waals surface area contributed by atoms with Crippen molar-refractivity contribution in [3.8, 4) is 0 Å². The van der Waals surface area contributed by atoms with E-state index in [1.807, 2.05) is 16.2 Å². The summed E-state index contributed by atoms with van der Waals surface area (Å²) in [6.45, 7) is 5.53. The molecule has 0 radical (unpaired) electrons. The molecule has 0 bridgehead atoms. The lowest BCUT2D eigenvalue weighted by atomic mass is 10.3. The Bertz CT molecular complexity index is 601. The van der Waals surface area contributed by atoms with Crippen molar-refractivity contribution in [3.05, 3.63) is 39.9 Å². The molecule has 2 heterocycles. The highest BCUT2D eigenvalue weighted by molar-refractivity contribution is 9.10. The van der Waals surface area contributed by atoms with Gasteiger partial charge < -0.3 is 9.67 Å². The van der Waals surface area contributed by atoms with E-state index in [0.29, 0.717) is 6.54 Å². The fourth-order valence-electron chi connectivity index (χ4n) is 1.98. The van der Waals surface area contributed by atoms with Crippen LogP contribution < -0.4 is 0 Å². The summed E-state index contributed by atoms with van der Waals surface area (Å²) in [6.07, 6.45) is 2.53. The van der Waals surface area contributed by atoms with Gasteiger partial charge in [0, 0.05) is 12.7 Å². The summed E-state index contributed by atoms with van der Waals surface area (Å²) in [5, 5.41) is 13.5. The van der Waals surface area contributed by atoms with Crippen molar-refractivity contribution in [1.82, 2.24) is 14.3 Å². The minimum absolute atomic E-state index is 0.283. The maximum atomic E-state index is 10.9. The van der Waals surface area contributed by atoms with Crippen molar-refractivity contribution in [1.29, 1.82) is 0 Å². The van der Waals surface area contributed by atoms with E-state index in [1.54, 1.807) is 12.3 Å². The van der Waals surface area contributed by atoms with E-state index in [1.165, 1.54) is 0 Å².